The van der Waals surface area contributed by atoms with Crippen molar-refractivity contribution < 1.29 is 33.7 Å². The maximum atomic E-state index is 13.1. The summed E-state index contributed by atoms with van der Waals surface area (Å²) in [5.41, 5.74) is 4.42. The molecule has 9 nitrogen and oxygen atoms in total. The molecule has 2 aromatic rings. The average molecular weight is 469 g/mol. The second kappa shape index (κ2) is 10.7. The van der Waals surface area contributed by atoms with Gasteiger partial charge in [-0.05, 0) is 22.3 Å². The molecule has 0 bridgehead atoms. The third-order valence-corrected chi connectivity index (χ3v) is 6.19. The van der Waals surface area contributed by atoms with Crippen molar-refractivity contribution in [1.82, 2.24) is 10.2 Å². The quantitative estimate of drug-likeness (QED) is 0.640. The predicted molar refractivity (Wildman–Crippen MR) is 122 cm³/mol. The average Bonchev–Trinajstić information content (AvgIpc) is 2.97. The third kappa shape index (κ3) is 5.05. The van der Waals surface area contributed by atoms with Crippen molar-refractivity contribution in [3.63, 3.8) is 0 Å². The number of ether oxygens (including phenoxy) is 3. The van der Waals surface area contributed by atoms with E-state index in [2.05, 4.69) is 17.4 Å². The van der Waals surface area contributed by atoms with Gasteiger partial charge >= 0.3 is 12.1 Å². The molecule has 2 amide bonds. The summed E-state index contributed by atoms with van der Waals surface area (Å²) in [6.07, 6.45) is -0.738. The minimum absolute atomic E-state index is 0.000745. The summed E-state index contributed by atoms with van der Waals surface area (Å²) in [6, 6.07) is 15.0. The molecule has 2 aromatic carbocycles. The van der Waals surface area contributed by atoms with E-state index in [9.17, 15) is 19.5 Å². The number of carbonyl (C=O) groups is 3. The molecule has 0 radical (unpaired) electrons. The van der Waals surface area contributed by atoms with Crippen molar-refractivity contribution in [3.05, 3.63) is 59.7 Å². The molecule has 1 aliphatic carbocycles. The van der Waals surface area contributed by atoms with E-state index < -0.39 is 29.9 Å². The number of carbonyl (C=O) groups excluding carboxylic acids is 2. The van der Waals surface area contributed by atoms with Gasteiger partial charge in [0.15, 0.2) is 0 Å². The van der Waals surface area contributed by atoms with Gasteiger partial charge in [-0.3, -0.25) is 9.59 Å². The molecule has 2 aliphatic rings. The molecule has 1 saturated heterocycles. The van der Waals surface area contributed by atoms with Crippen molar-refractivity contribution in [1.29, 1.82) is 0 Å². The number of rotatable bonds is 7. The van der Waals surface area contributed by atoms with E-state index in [1.165, 1.54) is 12.0 Å². The van der Waals surface area contributed by atoms with Crippen LogP contribution in [0.15, 0.2) is 48.5 Å². The standard InChI is InChI=1S/C25H28N2O7/c1-32-15-22(23(28)27-10-11-33-13-16(12-27)24(29)30)26-25(31)34-14-21-19-8-4-2-6-17(19)18-7-3-5-9-20(18)21/h2-9,16,21-22H,10-15H2,1H3,(H,26,31)(H,29,30)/t16?,22-/m0/s1. The lowest BCUT2D eigenvalue weighted by Gasteiger charge is -2.27. The van der Waals surface area contributed by atoms with Crippen LogP contribution >= 0.6 is 0 Å². The molecule has 4 rings (SSSR count). The van der Waals surface area contributed by atoms with Crippen molar-refractivity contribution in [2.24, 2.45) is 5.92 Å². The lowest BCUT2D eigenvalue weighted by molar-refractivity contribution is -0.144. The summed E-state index contributed by atoms with van der Waals surface area (Å²) in [4.78, 5) is 38.5. The first-order valence-electron chi connectivity index (χ1n) is 11.2. The highest BCUT2D eigenvalue weighted by molar-refractivity contribution is 5.86. The number of nitrogens with one attached hydrogen (secondary N) is 1. The lowest BCUT2D eigenvalue weighted by Crippen LogP contribution is -2.52. The van der Waals surface area contributed by atoms with Crippen LogP contribution in [0.2, 0.25) is 0 Å². The second-order valence-corrected chi connectivity index (χ2v) is 8.37. The van der Waals surface area contributed by atoms with Gasteiger partial charge in [0.25, 0.3) is 0 Å². The zero-order valence-corrected chi connectivity index (χ0v) is 18.9. The van der Waals surface area contributed by atoms with E-state index in [1.54, 1.807) is 0 Å². The molecule has 1 aliphatic heterocycles. The van der Waals surface area contributed by atoms with Crippen LogP contribution in [0.5, 0.6) is 0 Å². The molecule has 2 atom stereocenters. The summed E-state index contributed by atoms with van der Waals surface area (Å²) in [5.74, 6) is -2.41. The highest BCUT2D eigenvalue weighted by Gasteiger charge is 2.33. The SMILES string of the molecule is COC[C@H](NC(=O)OCC1c2ccccc2-c2ccccc21)C(=O)N1CCOCC(C(=O)O)C1. The maximum absolute atomic E-state index is 13.1. The van der Waals surface area contributed by atoms with E-state index in [4.69, 9.17) is 14.2 Å². The van der Waals surface area contributed by atoms with Gasteiger partial charge < -0.3 is 29.5 Å². The van der Waals surface area contributed by atoms with Gasteiger partial charge in [-0.2, -0.15) is 0 Å². The Morgan fingerprint density at radius 1 is 1.12 bits per heavy atom. The first-order valence-corrected chi connectivity index (χ1v) is 11.2. The van der Waals surface area contributed by atoms with Gasteiger partial charge in [0.1, 0.15) is 12.6 Å². The van der Waals surface area contributed by atoms with Crippen LogP contribution in [0.25, 0.3) is 11.1 Å². The molecule has 0 saturated carbocycles. The Morgan fingerprint density at radius 3 is 2.38 bits per heavy atom. The molecule has 180 valence electrons. The number of methoxy groups -OCH3 is 1. The van der Waals surface area contributed by atoms with Crippen LogP contribution in [0.4, 0.5) is 4.79 Å². The minimum atomic E-state index is -1.03. The molecule has 0 aromatic heterocycles. The number of fused-ring (bicyclic) bond motifs is 3. The van der Waals surface area contributed by atoms with Crippen LogP contribution in [0, 0.1) is 5.92 Å². The zero-order chi connectivity index (χ0) is 24.1. The topological polar surface area (TPSA) is 114 Å². The van der Waals surface area contributed by atoms with Crippen molar-refractivity contribution >= 4 is 18.0 Å². The fourth-order valence-electron chi connectivity index (χ4n) is 4.50. The van der Waals surface area contributed by atoms with Gasteiger partial charge in [0, 0.05) is 26.1 Å². The van der Waals surface area contributed by atoms with Crippen LogP contribution in [-0.4, -0.2) is 80.6 Å². The Hall–Kier alpha value is -3.43. The van der Waals surface area contributed by atoms with E-state index in [1.807, 2.05) is 36.4 Å². The van der Waals surface area contributed by atoms with Gasteiger partial charge in [0.05, 0.1) is 25.7 Å². The number of aliphatic carboxylic acids is 1. The Kier molecular flexibility index (Phi) is 7.44. The van der Waals surface area contributed by atoms with Crippen LogP contribution in [-0.2, 0) is 23.8 Å². The summed E-state index contributed by atoms with van der Waals surface area (Å²) >= 11 is 0. The van der Waals surface area contributed by atoms with Gasteiger partial charge in [0.2, 0.25) is 5.91 Å². The van der Waals surface area contributed by atoms with Crippen LogP contribution in [0.1, 0.15) is 17.0 Å². The van der Waals surface area contributed by atoms with E-state index in [0.717, 1.165) is 22.3 Å². The smallest absolute Gasteiger partial charge is 0.407 e. The number of alkyl carbamates (subject to hydrolysis) is 1. The van der Waals surface area contributed by atoms with Crippen LogP contribution < -0.4 is 5.32 Å². The van der Waals surface area contributed by atoms with Gasteiger partial charge in [-0.1, -0.05) is 48.5 Å². The molecule has 1 fully saturated rings. The summed E-state index contributed by atoms with van der Waals surface area (Å²) < 4.78 is 16.0. The fourth-order valence-corrected chi connectivity index (χ4v) is 4.50. The zero-order valence-electron chi connectivity index (χ0n) is 18.9. The molecule has 34 heavy (non-hydrogen) atoms. The third-order valence-electron chi connectivity index (χ3n) is 6.19. The van der Waals surface area contributed by atoms with E-state index in [0.29, 0.717) is 0 Å². The summed E-state index contributed by atoms with van der Waals surface area (Å²) in [6.45, 7) is 0.536. The fraction of sp³-hybridized carbons (Fsp3) is 0.400. The number of carboxylic acid groups (broad SMARTS) is 1. The Morgan fingerprint density at radius 2 is 1.76 bits per heavy atom. The molecule has 1 unspecified atom stereocenters. The lowest BCUT2D eigenvalue weighted by atomic mass is 9.98. The monoisotopic (exact) mass is 468 g/mol. The number of benzene rings is 2. The molecular formula is C25H28N2O7. The largest absolute Gasteiger partial charge is 0.481 e. The van der Waals surface area contributed by atoms with Crippen molar-refractivity contribution in [2.75, 3.05) is 46.6 Å². The maximum Gasteiger partial charge on any atom is 0.407 e. The molecule has 1 heterocycles. The second-order valence-electron chi connectivity index (χ2n) is 8.37. The predicted octanol–water partition coefficient (Wildman–Crippen LogP) is 2.10. The molecule has 2 N–H and O–H groups in total. The first-order chi connectivity index (χ1) is 16.5. The molecular weight excluding hydrogens is 440 g/mol. The number of nitrogens with zero attached hydrogens (tertiary/aromatic N) is 1. The Labute approximate surface area is 197 Å². The first kappa shape index (κ1) is 23.7. The van der Waals surface area contributed by atoms with Crippen molar-refractivity contribution in [3.8, 4) is 11.1 Å². The summed E-state index contributed by atoms with van der Waals surface area (Å²) in [7, 11) is 1.42. The van der Waals surface area contributed by atoms with Gasteiger partial charge in [-0.15, -0.1) is 0 Å². The van der Waals surface area contributed by atoms with Crippen molar-refractivity contribution in [2.45, 2.75) is 12.0 Å². The van der Waals surface area contributed by atoms with E-state index >= 15 is 0 Å². The minimum Gasteiger partial charge on any atom is -0.481 e. The highest BCUT2D eigenvalue weighted by Crippen LogP contribution is 2.44. The number of hydrogen-bond donors (Lipinski definition) is 2. The molecule has 0 spiro atoms. The van der Waals surface area contributed by atoms with Crippen LogP contribution in [0.3, 0.4) is 0 Å². The van der Waals surface area contributed by atoms with E-state index in [-0.39, 0.29) is 45.4 Å². The number of carboxylic acids is 1. The number of hydrogen-bond acceptors (Lipinski definition) is 6. The number of amides is 2. The summed E-state index contributed by atoms with van der Waals surface area (Å²) in [5, 5.41) is 11.9. The normalized spacial score (nSPS) is 18.4. The Balaban J connectivity index is 1.41. The highest BCUT2D eigenvalue weighted by atomic mass is 16.5. The molecule has 9 heteroatoms. The Bertz CT molecular complexity index is 1010. The van der Waals surface area contributed by atoms with Gasteiger partial charge in [-0.25, -0.2) is 4.79 Å².